The number of ether oxygens (including phenoxy) is 3. The molecule has 35 heavy (non-hydrogen) atoms. The van der Waals surface area contributed by atoms with Crippen molar-refractivity contribution >= 4 is 46.6 Å². The minimum atomic E-state index is -0.797. The number of carbonyl (C=O) groups is 1. The normalized spacial score (nSPS) is 15.6. The van der Waals surface area contributed by atoms with Gasteiger partial charge in [-0.25, -0.2) is 9.79 Å². The Labute approximate surface area is 215 Å². The van der Waals surface area contributed by atoms with Crippen molar-refractivity contribution in [2.24, 2.45) is 4.99 Å². The molecule has 7 nitrogen and oxygen atoms in total. The topological polar surface area (TPSA) is 79.1 Å². The van der Waals surface area contributed by atoms with E-state index in [4.69, 9.17) is 37.4 Å². The van der Waals surface area contributed by atoms with Crippen LogP contribution >= 0.6 is 34.5 Å². The van der Waals surface area contributed by atoms with E-state index in [1.54, 1.807) is 37.3 Å². The Morgan fingerprint density at radius 2 is 1.91 bits per heavy atom. The number of benzene rings is 2. The van der Waals surface area contributed by atoms with Gasteiger partial charge in [0.2, 0.25) is 0 Å². The van der Waals surface area contributed by atoms with Crippen LogP contribution in [-0.4, -0.2) is 38.0 Å². The Balaban J connectivity index is 1.94. The summed E-state index contributed by atoms with van der Waals surface area (Å²) in [6, 6.07) is 11.6. The van der Waals surface area contributed by atoms with Gasteiger partial charge in [0.1, 0.15) is 18.4 Å². The quantitative estimate of drug-likeness (QED) is 0.342. The second kappa shape index (κ2) is 10.8. The predicted molar refractivity (Wildman–Crippen MR) is 136 cm³/mol. The Morgan fingerprint density at radius 3 is 2.66 bits per heavy atom. The second-order valence-electron chi connectivity index (χ2n) is 7.60. The summed E-state index contributed by atoms with van der Waals surface area (Å²) in [6.07, 6.45) is 1.67. The zero-order chi connectivity index (χ0) is 25.1. The molecule has 4 rings (SSSR count). The summed E-state index contributed by atoms with van der Waals surface area (Å²) in [5, 5.41) is 0.733. The number of allylic oxidation sites excluding steroid dienone is 1. The van der Waals surface area contributed by atoms with E-state index in [-0.39, 0.29) is 24.3 Å². The predicted octanol–water partition coefficient (Wildman–Crippen LogP) is 3.74. The van der Waals surface area contributed by atoms with Crippen molar-refractivity contribution in [1.82, 2.24) is 4.57 Å². The number of rotatable bonds is 7. The summed E-state index contributed by atoms with van der Waals surface area (Å²) >= 11 is 13.7. The number of nitrogens with zero attached hydrogens (tertiary/aromatic N) is 2. The molecule has 0 bridgehead atoms. The molecule has 0 fully saturated rings. The van der Waals surface area contributed by atoms with Crippen LogP contribution in [0.15, 0.2) is 63.5 Å². The molecule has 0 aliphatic carbocycles. The number of fused-ring (bicyclic) bond motifs is 1. The Hall–Kier alpha value is -2.91. The number of para-hydroxylation sites is 1. The van der Waals surface area contributed by atoms with Gasteiger partial charge in [0.05, 0.1) is 39.6 Å². The first-order valence-corrected chi connectivity index (χ1v) is 12.2. The highest BCUT2D eigenvalue weighted by molar-refractivity contribution is 7.07. The van der Waals surface area contributed by atoms with Crippen molar-refractivity contribution in [3.8, 4) is 5.75 Å². The van der Waals surface area contributed by atoms with Crippen molar-refractivity contribution in [2.75, 3.05) is 27.4 Å². The number of hydrogen-bond donors (Lipinski definition) is 0. The van der Waals surface area contributed by atoms with Gasteiger partial charge in [0, 0.05) is 12.7 Å². The molecule has 1 atom stereocenters. The molecule has 0 amide bonds. The maximum absolute atomic E-state index is 13.7. The highest BCUT2D eigenvalue weighted by Crippen LogP contribution is 2.35. The van der Waals surface area contributed by atoms with E-state index in [1.807, 2.05) is 18.2 Å². The third kappa shape index (κ3) is 4.92. The van der Waals surface area contributed by atoms with E-state index in [9.17, 15) is 9.59 Å². The summed E-state index contributed by atoms with van der Waals surface area (Å²) in [4.78, 5) is 31.9. The Morgan fingerprint density at radius 1 is 1.14 bits per heavy atom. The fourth-order valence-electron chi connectivity index (χ4n) is 3.84. The first-order chi connectivity index (χ1) is 16.9. The van der Waals surface area contributed by atoms with Crippen molar-refractivity contribution in [3.63, 3.8) is 0 Å². The molecule has 0 N–H and O–H groups in total. The highest BCUT2D eigenvalue weighted by atomic mass is 35.5. The molecule has 1 aliphatic heterocycles. The van der Waals surface area contributed by atoms with E-state index in [1.165, 1.54) is 30.1 Å². The van der Waals surface area contributed by atoms with Gasteiger partial charge in [-0.15, -0.1) is 0 Å². The van der Waals surface area contributed by atoms with E-state index >= 15 is 0 Å². The zero-order valence-electron chi connectivity index (χ0n) is 19.2. The van der Waals surface area contributed by atoms with Crippen LogP contribution in [0.5, 0.6) is 5.75 Å². The molecule has 1 aliphatic rings. The number of carbonyl (C=O) groups excluding carboxylic acids is 1. The minimum absolute atomic E-state index is 0.0719. The van der Waals surface area contributed by atoms with Gasteiger partial charge in [0.25, 0.3) is 5.56 Å². The molecular formula is C25H22Cl2N2O5S. The molecule has 0 spiro atoms. The number of methoxy groups -OCH3 is 2. The number of hydrogen-bond acceptors (Lipinski definition) is 7. The van der Waals surface area contributed by atoms with Crippen LogP contribution in [0.3, 0.4) is 0 Å². The van der Waals surface area contributed by atoms with Crippen molar-refractivity contribution < 1.29 is 19.0 Å². The zero-order valence-corrected chi connectivity index (χ0v) is 21.5. The fourth-order valence-corrected chi connectivity index (χ4v) is 5.24. The van der Waals surface area contributed by atoms with E-state index in [0.29, 0.717) is 42.0 Å². The van der Waals surface area contributed by atoms with Crippen LogP contribution in [0, 0.1) is 0 Å². The van der Waals surface area contributed by atoms with Crippen LogP contribution in [-0.2, 0) is 14.3 Å². The fraction of sp³-hybridized carbons (Fsp3) is 0.240. The highest BCUT2D eigenvalue weighted by Gasteiger charge is 2.35. The van der Waals surface area contributed by atoms with Gasteiger partial charge in [-0.3, -0.25) is 9.36 Å². The first-order valence-electron chi connectivity index (χ1n) is 10.6. The van der Waals surface area contributed by atoms with Gasteiger partial charge in [0.15, 0.2) is 4.80 Å². The van der Waals surface area contributed by atoms with Gasteiger partial charge in [-0.2, -0.15) is 0 Å². The lowest BCUT2D eigenvalue weighted by Gasteiger charge is -2.26. The molecule has 1 unspecified atom stereocenters. The van der Waals surface area contributed by atoms with E-state index in [2.05, 4.69) is 4.99 Å². The average Bonchev–Trinajstić information content (AvgIpc) is 3.15. The average molecular weight is 533 g/mol. The standard InChI is InChI=1S/C25H22Cl2N2O5S/c1-14-20(24(31)34-12-11-32-2)22(16-8-4-5-10-18(16)33-3)29-23(30)19(35-25(29)28-14)13-15-7-6-9-17(26)21(15)27/h4-10,13,22H,11-12H2,1-3H3. The molecule has 10 heteroatoms. The summed E-state index contributed by atoms with van der Waals surface area (Å²) in [6.45, 7) is 2.04. The maximum Gasteiger partial charge on any atom is 0.338 e. The number of halogens is 2. The summed E-state index contributed by atoms with van der Waals surface area (Å²) in [5.74, 6) is -0.0479. The largest absolute Gasteiger partial charge is 0.496 e. The Bertz CT molecular complexity index is 1490. The SMILES string of the molecule is COCCOC(=O)C1=C(C)N=c2sc(=Cc3cccc(Cl)c3Cl)c(=O)n2C1c1ccccc1OC. The molecule has 0 saturated heterocycles. The van der Waals surface area contributed by atoms with Crippen molar-refractivity contribution in [1.29, 1.82) is 0 Å². The molecular weight excluding hydrogens is 511 g/mol. The third-order valence-corrected chi connectivity index (χ3v) is 7.28. The molecule has 2 heterocycles. The lowest BCUT2D eigenvalue weighted by molar-refractivity contribution is -0.140. The number of thiazole rings is 1. The van der Waals surface area contributed by atoms with Crippen LogP contribution < -0.4 is 19.6 Å². The lowest BCUT2D eigenvalue weighted by Crippen LogP contribution is -2.40. The third-order valence-electron chi connectivity index (χ3n) is 5.46. The van der Waals surface area contributed by atoms with Gasteiger partial charge >= 0.3 is 5.97 Å². The molecule has 0 saturated carbocycles. The Kier molecular flexibility index (Phi) is 7.76. The van der Waals surface area contributed by atoms with Gasteiger partial charge in [-0.05, 0) is 30.7 Å². The smallest absolute Gasteiger partial charge is 0.338 e. The van der Waals surface area contributed by atoms with Crippen LogP contribution in [0.4, 0.5) is 0 Å². The van der Waals surface area contributed by atoms with Crippen molar-refractivity contribution in [2.45, 2.75) is 13.0 Å². The molecule has 2 aromatic carbocycles. The molecule has 1 aromatic heterocycles. The maximum atomic E-state index is 13.7. The number of aromatic nitrogens is 1. The number of esters is 1. The monoisotopic (exact) mass is 532 g/mol. The summed E-state index contributed by atoms with van der Waals surface area (Å²) in [5.41, 5.74) is 1.63. The second-order valence-corrected chi connectivity index (χ2v) is 9.39. The molecule has 0 radical (unpaired) electrons. The van der Waals surface area contributed by atoms with Crippen LogP contribution in [0.2, 0.25) is 10.0 Å². The summed E-state index contributed by atoms with van der Waals surface area (Å²) < 4.78 is 17.9. The lowest BCUT2D eigenvalue weighted by atomic mass is 9.95. The van der Waals surface area contributed by atoms with Gasteiger partial charge < -0.3 is 14.2 Å². The van der Waals surface area contributed by atoms with Crippen LogP contribution in [0.1, 0.15) is 24.1 Å². The summed E-state index contributed by atoms with van der Waals surface area (Å²) in [7, 11) is 3.06. The first kappa shape index (κ1) is 25.2. The van der Waals surface area contributed by atoms with Gasteiger partial charge in [-0.1, -0.05) is 64.9 Å². The van der Waals surface area contributed by atoms with Crippen molar-refractivity contribution in [3.05, 3.63) is 94.6 Å². The van der Waals surface area contributed by atoms with E-state index in [0.717, 1.165) is 0 Å². The minimum Gasteiger partial charge on any atom is -0.496 e. The van der Waals surface area contributed by atoms with E-state index < -0.39 is 12.0 Å². The molecule has 3 aromatic rings. The molecule has 182 valence electrons. The van der Waals surface area contributed by atoms with Crippen LogP contribution in [0.25, 0.3) is 6.08 Å².